The van der Waals surface area contributed by atoms with Crippen LogP contribution in [-0.4, -0.2) is 38.7 Å². The van der Waals surface area contributed by atoms with Crippen LogP contribution in [0, 0.1) is 10.1 Å². The minimum Gasteiger partial charge on any atom is -0.393 e. The molecule has 122 valence electrons. The lowest BCUT2D eigenvalue weighted by Crippen LogP contribution is -2.28. The predicted octanol–water partition coefficient (Wildman–Crippen LogP) is 3.46. The molecule has 2 aromatic rings. The summed E-state index contributed by atoms with van der Waals surface area (Å²) in [5.74, 6) is 0.896. The van der Waals surface area contributed by atoms with Crippen molar-refractivity contribution in [3.63, 3.8) is 0 Å². The molecule has 1 aliphatic rings. The third kappa shape index (κ3) is 3.52. The summed E-state index contributed by atoms with van der Waals surface area (Å²) in [4.78, 5) is 15.0. The van der Waals surface area contributed by atoms with E-state index in [1.807, 2.05) is 12.1 Å². The molecule has 2 N–H and O–H groups in total. The van der Waals surface area contributed by atoms with Gasteiger partial charge in [-0.3, -0.25) is 10.1 Å². The Morgan fingerprint density at radius 1 is 1.48 bits per heavy atom. The van der Waals surface area contributed by atoms with Gasteiger partial charge in [0.2, 0.25) is 5.15 Å². The van der Waals surface area contributed by atoms with Gasteiger partial charge in [0.1, 0.15) is 5.69 Å². The summed E-state index contributed by atoms with van der Waals surface area (Å²) < 4.78 is 0. The summed E-state index contributed by atoms with van der Waals surface area (Å²) >= 11 is 7.78. The number of aliphatic hydroxyl groups excluding tert-OH is 1. The first-order chi connectivity index (χ1) is 11.1. The molecule has 2 unspecified atom stereocenters. The highest BCUT2D eigenvalue weighted by Gasteiger charge is 2.26. The highest BCUT2D eigenvalue weighted by atomic mass is 35.5. The monoisotopic (exact) mass is 353 g/mol. The molecule has 23 heavy (non-hydrogen) atoms. The molecule has 1 saturated heterocycles. The second-order valence-electron chi connectivity index (χ2n) is 5.45. The predicted molar refractivity (Wildman–Crippen MR) is 93.4 cm³/mol. The molecule has 2 heterocycles. The first kappa shape index (κ1) is 16.3. The molecule has 0 bridgehead atoms. The molecule has 1 aromatic carbocycles. The normalized spacial score (nSPS) is 21.3. The zero-order valence-corrected chi connectivity index (χ0v) is 13.8. The Bertz CT molecular complexity index is 743. The minimum atomic E-state index is -0.507. The van der Waals surface area contributed by atoms with Crippen LogP contribution in [-0.2, 0) is 0 Å². The van der Waals surface area contributed by atoms with Crippen LogP contribution < -0.4 is 5.32 Å². The fraction of sp³-hybridized carbons (Fsp3) is 0.400. The molecule has 8 heteroatoms. The van der Waals surface area contributed by atoms with Crippen LogP contribution in [0.5, 0.6) is 0 Å². The highest BCUT2D eigenvalue weighted by molar-refractivity contribution is 8.00. The van der Waals surface area contributed by atoms with E-state index in [-0.39, 0.29) is 22.2 Å². The number of fused-ring (bicyclic) bond motifs is 1. The number of anilines is 1. The van der Waals surface area contributed by atoms with E-state index in [4.69, 9.17) is 11.6 Å². The summed E-state index contributed by atoms with van der Waals surface area (Å²) in [5, 5.41) is 25.1. The quantitative estimate of drug-likeness (QED) is 0.497. The Morgan fingerprint density at radius 3 is 3.00 bits per heavy atom. The molecule has 0 spiro atoms. The molecule has 3 rings (SSSR count). The zero-order valence-electron chi connectivity index (χ0n) is 12.2. The number of nitrogens with zero attached hydrogens (tertiary/aromatic N) is 2. The second-order valence-corrected chi connectivity index (χ2v) is 7.22. The molecule has 0 saturated carbocycles. The summed E-state index contributed by atoms with van der Waals surface area (Å²) in [6, 6.07) is 7.19. The molecule has 1 fully saturated rings. The maximum absolute atomic E-state index is 11.4. The van der Waals surface area contributed by atoms with Gasteiger partial charge in [-0.05, 0) is 24.7 Å². The van der Waals surface area contributed by atoms with Crippen LogP contribution in [0.4, 0.5) is 11.4 Å². The smallest absolute Gasteiger partial charge is 0.329 e. The van der Waals surface area contributed by atoms with E-state index in [2.05, 4.69) is 10.3 Å². The molecule has 0 amide bonds. The van der Waals surface area contributed by atoms with Gasteiger partial charge in [0, 0.05) is 17.2 Å². The largest absolute Gasteiger partial charge is 0.393 e. The standard InChI is InChI=1S/C15H16ClN3O3S/c16-15-14(19(21)22)13(11-3-1-2-4-12(11)18-15)17-8-10-7-9(20)5-6-23-10/h1-4,9-10,20H,5-8H2,(H,17,18). The van der Waals surface area contributed by atoms with E-state index in [0.29, 0.717) is 29.6 Å². The number of hydrogen-bond donors (Lipinski definition) is 2. The first-order valence-electron chi connectivity index (χ1n) is 7.32. The first-order valence-corrected chi connectivity index (χ1v) is 8.75. The molecular weight excluding hydrogens is 338 g/mol. The van der Waals surface area contributed by atoms with Crippen LogP contribution in [0.25, 0.3) is 10.9 Å². The Morgan fingerprint density at radius 2 is 2.26 bits per heavy atom. The van der Waals surface area contributed by atoms with Gasteiger partial charge in [-0.15, -0.1) is 0 Å². The third-order valence-corrected chi connectivity index (χ3v) is 5.42. The van der Waals surface area contributed by atoms with Crippen LogP contribution in [0.2, 0.25) is 5.15 Å². The van der Waals surface area contributed by atoms with Gasteiger partial charge in [0.15, 0.2) is 0 Å². The van der Waals surface area contributed by atoms with Crippen molar-refractivity contribution in [1.29, 1.82) is 0 Å². The number of rotatable bonds is 4. The van der Waals surface area contributed by atoms with E-state index in [9.17, 15) is 15.2 Å². The van der Waals surface area contributed by atoms with E-state index in [1.165, 1.54) is 0 Å². The Balaban J connectivity index is 1.94. The van der Waals surface area contributed by atoms with Gasteiger partial charge in [-0.25, -0.2) is 4.98 Å². The van der Waals surface area contributed by atoms with Gasteiger partial charge >= 0.3 is 5.69 Å². The molecule has 0 aliphatic carbocycles. The average molecular weight is 354 g/mol. The molecule has 1 aromatic heterocycles. The number of aliphatic hydroxyl groups is 1. The Kier molecular flexibility index (Phi) is 4.89. The molecule has 1 aliphatic heterocycles. The number of nitro groups is 1. The number of aromatic nitrogens is 1. The van der Waals surface area contributed by atoms with Gasteiger partial charge in [0.05, 0.1) is 16.5 Å². The number of hydrogen-bond acceptors (Lipinski definition) is 6. The number of halogens is 1. The van der Waals surface area contributed by atoms with Crippen LogP contribution in [0.15, 0.2) is 24.3 Å². The number of thioether (sulfide) groups is 1. The average Bonchev–Trinajstić information content (AvgIpc) is 2.51. The lowest BCUT2D eigenvalue weighted by Gasteiger charge is -2.26. The van der Waals surface area contributed by atoms with Crippen molar-refractivity contribution in [1.82, 2.24) is 4.98 Å². The zero-order chi connectivity index (χ0) is 16.4. The molecular formula is C15H16ClN3O3S. The van der Waals surface area contributed by atoms with Crippen molar-refractivity contribution in [2.45, 2.75) is 24.2 Å². The Labute approximate surface area is 142 Å². The summed E-state index contributed by atoms with van der Waals surface area (Å²) in [6.07, 6.45) is 1.18. The van der Waals surface area contributed by atoms with Crippen molar-refractivity contribution in [2.24, 2.45) is 0 Å². The van der Waals surface area contributed by atoms with Crippen molar-refractivity contribution in [2.75, 3.05) is 17.6 Å². The van der Waals surface area contributed by atoms with Gasteiger partial charge < -0.3 is 10.4 Å². The minimum absolute atomic E-state index is 0.118. The number of pyridine rings is 1. The fourth-order valence-corrected chi connectivity index (χ4v) is 4.29. The third-order valence-electron chi connectivity index (χ3n) is 3.85. The van der Waals surface area contributed by atoms with Crippen molar-refractivity contribution in [3.05, 3.63) is 39.5 Å². The summed E-state index contributed by atoms with van der Waals surface area (Å²) in [7, 11) is 0. The topological polar surface area (TPSA) is 88.3 Å². The lowest BCUT2D eigenvalue weighted by atomic mass is 10.1. The summed E-state index contributed by atoms with van der Waals surface area (Å²) in [6.45, 7) is 0.535. The van der Waals surface area contributed by atoms with E-state index >= 15 is 0 Å². The SMILES string of the molecule is O=[N+]([O-])c1c(Cl)nc2ccccc2c1NCC1CC(O)CCS1. The maximum atomic E-state index is 11.4. The van der Waals surface area contributed by atoms with Gasteiger partial charge in [0.25, 0.3) is 0 Å². The lowest BCUT2D eigenvalue weighted by molar-refractivity contribution is -0.384. The van der Waals surface area contributed by atoms with Crippen molar-refractivity contribution < 1.29 is 10.0 Å². The summed E-state index contributed by atoms with van der Waals surface area (Å²) in [5.41, 5.74) is 0.805. The number of para-hydroxylation sites is 1. The van der Waals surface area contributed by atoms with Gasteiger partial charge in [-0.1, -0.05) is 29.8 Å². The van der Waals surface area contributed by atoms with Crippen LogP contribution in [0.3, 0.4) is 0 Å². The molecule has 2 atom stereocenters. The second kappa shape index (κ2) is 6.90. The van der Waals surface area contributed by atoms with E-state index < -0.39 is 4.92 Å². The number of nitrogens with one attached hydrogen (secondary N) is 1. The van der Waals surface area contributed by atoms with Crippen LogP contribution in [0.1, 0.15) is 12.8 Å². The maximum Gasteiger partial charge on any atom is 0.329 e. The fourth-order valence-electron chi connectivity index (χ4n) is 2.74. The molecule has 6 nitrogen and oxygen atoms in total. The van der Waals surface area contributed by atoms with Crippen LogP contribution >= 0.6 is 23.4 Å². The van der Waals surface area contributed by atoms with Crippen molar-refractivity contribution >= 4 is 45.6 Å². The Hall–Kier alpha value is -1.57. The van der Waals surface area contributed by atoms with Gasteiger partial charge in [-0.2, -0.15) is 11.8 Å². The highest BCUT2D eigenvalue weighted by Crippen LogP contribution is 2.37. The van der Waals surface area contributed by atoms with E-state index in [0.717, 1.165) is 12.2 Å². The van der Waals surface area contributed by atoms with Crippen molar-refractivity contribution in [3.8, 4) is 0 Å². The number of benzene rings is 1. The van der Waals surface area contributed by atoms with E-state index in [1.54, 1.807) is 23.9 Å². The molecule has 0 radical (unpaired) electrons.